The summed E-state index contributed by atoms with van der Waals surface area (Å²) in [5.41, 5.74) is 3.58. The molecule has 0 radical (unpaired) electrons. The minimum Gasteiger partial charge on any atom is -0.495 e. The van der Waals surface area contributed by atoms with Crippen LogP contribution in [-0.4, -0.2) is 25.5 Å². The Balaban J connectivity index is 2.07. The average molecular weight is 340 g/mol. The van der Waals surface area contributed by atoms with Gasteiger partial charge in [0.1, 0.15) is 5.75 Å². The summed E-state index contributed by atoms with van der Waals surface area (Å²) < 4.78 is 5.35. The molecule has 0 aliphatic rings. The van der Waals surface area contributed by atoms with Crippen molar-refractivity contribution in [3.63, 3.8) is 0 Å². The predicted molar refractivity (Wildman–Crippen MR) is 100 cm³/mol. The number of nitrogens with one attached hydrogen (secondary N) is 1. The summed E-state index contributed by atoms with van der Waals surface area (Å²) in [6, 6.07) is 13.2. The molecule has 2 rings (SSSR count). The fraction of sp³-hybridized carbons (Fsp3) is 0.300. The highest BCUT2D eigenvalue weighted by atomic mass is 16.5. The minimum atomic E-state index is -0.137. The molecule has 0 saturated carbocycles. The molecule has 0 aliphatic carbocycles. The van der Waals surface area contributed by atoms with E-state index in [0.717, 1.165) is 16.8 Å². The molecule has 0 fully saturated rings. The summed E-state index contributed by atoms with van der Waals surface area (Å²) in [7, 11) is 1.57. The number of hydrogen-bond acceptors (Lipinski definition) is 3. The van der Waals surface area contributed by atoms with Crippen LogP contribution in [0.3, 0.4) is 0 Å². The molecule has 132 valence electrons. The molecule has 25 heavy (non-hydrogen) atoms. The number of carbonyl (C=O) groups is 2. The van der Waals surface area contributed by atoms with E-state index in [4.69, 9.17) is 4.74 Å². The van der Waals surface area contributed by atoms with Crippen LogP contribution >= 0.6 is 0 Å². The van der Waals surface area contributed by atoms with Gasteiger partial charge in [-0.15, -0.1) is 0 Å². The fourth-order valence-electron chi connectivity index (χ4n) is 2.53. The lowest BCUT2D eigenvalue weighted by molar-refractivity contribution is -0.117. The number of methoxy groups -OCH3 is 1. The summed E-state index contributed by atoms with van der Waals surface area (Å²) in [6.07, 6.45) is 0.199. The van der Waals surface area contributed by atoms with Crippen molar-refractivity contribution in [3.05, 3.63) is 53.6 Å². The highest BCUT2D eigenvalue weighted by Gasteiger charge is 2.17. The Labute approximate surface area is 148 Å². The van der Waals surface area contributed by atoms with Crippen molar-refractivity contribution < 1.29 is 14.3 Å². The number of benzene rings is 2. The van der Waals surface area contributed by atoms with E-state index in [1.165, 1.54) is 6.92 Å². The number of hydrogen-bond donors (Lipinski definition) is 1. The monoisotopic (exact) mass is 340 g/mol. The number of anilines is 2. The number of amides is 2. The van der Waals surface area contributed by atoms with Gasteiger partial charge in [-0.3, -0.25) is 9.59 Å². The van der Waals surface area contributed by atoms with Crippen LogP contribution in [0.5, 0.6) is 5.75 Å². The van der Waals surface area contributed by atoms with Gasteiger partial charge in [-0.05, 0) is 43.7 Å². The second-order valence-corrected chi connectivity index (χ2v) is 6.01. The molecule has 0 aromatic heterocycles. The van der Waals surface area contributed by atoms with Gasteiger partial charge in [0.05, 0.1) is 12.8 Å². The molecule has 2 aromatic rings. The zero-order chi connectivity index (χ0) is 18.4. The van der Waals surface area contributed by atoms with Crippen LogP contribution in [0, 0.1) is 13.8 Å². The van der Waals surface area contributed by atoms with Crippen molar-refractivity contribution in [2.24, 2.45) is 0 Å². The summed E-state index contributed by atoms with van der Waals surface area (Å²) >= 11 is 0. The average Bonchev–Trinajstić information content (AvgIpc) is 2.57. The molecule has 0 aliphatic heterocycles. The van der Waals surface area contributed by atoms with Crippen molar-refractivity contribution in [2.45, 2.75) is 27.2 Å². The zero-order valence-electron chi connectivity index (χ0n) is 15.1. The van der Waals surface area contributed by atoms with E-state index in [0.29, 0.717) is 11.4 Å². The van der Waals surface area contributed by atoms with Crippen LogP contribution in [0.15, 0.2) is 42.5 Å². The van der Waals surface area contributed by atoms with Gasteiger partial charge in [0.25, 0.3) is 0 Å². The first-order valence-electron chi connectivity index (χ1n) is 8.20. The van der Waals surface area contributed by atoms with E-state index in [-0.39, 0.29) is 24.8 Å². The quantitative estimate of drug-likeness (QED) is 0.872. The molecule has 2 aromatic carbocycles. The Morgan fingerprint density at radius 3 is 2.28 bits per heavy atom. The number of aryl methyl sites for hydroxylation is 2. The highest BCUT2D eigenvalue weighted by Crippen LogP contribution is 2.29. The fourth-order valence-corrected chi connectivity index (χ4v) is 2.53. The minimum absolute atomic E-state index is 0.132. The van der Waals surface area contributed by atoms with Gasteiger partial charge in [-0.25, -0.2) is 0 Å². The molecular formula is C20H24N2O3. The lowest BCUT2D eigenvalue weighted by Crippen LogP contribution is -2.32. The smallest absolute Gasteiger partial charge is 0.226 e. The van der Waals surface area contributed by atoms with Gasteiger partial charge in [-0.2, -0.15) is 0 Å². The molecular weight excluding hydrogens is 316 g/mol. The largest absolute Gasteiger partial charge is 0.495 e. The Bertz CT molecular complexity index is 754. The maximum absolute atomic E-state index is 12.2. The van der Waals surface area contributed by atoms with Crippen molar-refractivity contribution in [1.29, 1.82) is 0 Å². The highest BCUT2D eigenvalue weighted by molar-refractivity contribution is 5.95. The Morgan fingerprint density at radius 2 is 1.68 bits per heavy atom. The van der Waals surface area contributed by atoms with Crippen LogP contribution in [-0.2, 0) is 9.59 Å². The molecule has 5 heteroatoms. The normalized spacial score (nSPS) is 10.2. The molecule has 1 N–H and O–H groups in total. The van der Waals surface area contributed by atoms with Crippen molar-refractivity contribution in [2.75, 3.05) is 23.9 Å². The standard InChI is InChI=1S/C20H24N2O3/c1-14-5-8-17(9-6-14)21-20(24)11-12-22(16(3)23)18-13-15(2)7-10-19(18)25-4/h5-10,13H,11-12H2,1-4H3,(H,21,24). The van der Waals surface area contributed by atoms with E-state index < -0.39 is 0 Å². The predicted octanol–water partition coefficient (Wildman–Crippen LogP) is 3.69. The van der Waals surface area contributed by atoms with E-state index in [9.17, 15) is 9.59 Å². The van der Waals surface area contributed by atoms with Crippen LogP contribution in [0.2, 0.25) is 0 Å². The van der Waals surface area contributed by atoms with Gasteiger partial charge in [0.15, 0.2) is 0 Å². The van der Waals surface area contributed by atoms with Gasteiger partial charge in [0.2, 0.25) is 11.8 Å². The van der Waals surface area contributed by atoms with E-state index in [2.05, 4.69) is 5.32 Å². The molecule has 0 saturated heterocycles. The topological polar surface area (TPSA) is 58.6 Å². The number of nitrogens with zero attached hydrogens (tertiary/aromatic N) is 1. The van der Waals surface area contributed by atoms with Crippen LogP contribution in [0.4, 0.5) is 11.4 Å². The second-order valence-electron chi connectivity index (χ2n) is 6.01. The van der Waals surface area contributed by atoms with Crippen molar-refractivity contribution >= 4 is 23.2 Å². The van der Waals surface area contributed by atoms with E-state index >= 15 is 0 Å². The molecule has 2 amide bonds. The van der Waals surface area contributed by atoms with Crippen LogP contribution < -0.4 is 15.0 Å². The molecule has 0 atom stereocenters. The number of carbonyl (C=O) groups excluding carboxylic acids is 2. The molecule has 0 unspecified atom stereocenters. The van der Waals surface area contributed by atoms with Crippen molar-refractivity contribution in [3.8, 4) is 5.75 Å². The van der Waals surface area contributed by atoms with Crippen LogP contribution in [0.25, 0.3) is 0 Å². The van der Waals surface area contributed by atoms with Crippen LogP contribution in [0.1, 0.15) is 24.5 Å². The van der Waals surface area contributed by atoms with Gasteiger partial charge in [0, 0.05) is 25.6 Å². The summed E-state index contributed by atoms with van der Waals surface area (Å²) in [5.74, 6) is 0.341. The maximum Gasteiger partial charge on any atom is 0.226 e. The molecule has 0 spiro atoms. The Kier molecular flexibility index (Phi) is 6.17. The Hall–Kier alpha value is -2.82. The molecule has 0 heterocycles. The zero-order valence-corrected chi connectivity index (χ0v) is 15.1. The summed E-state index contributed by atoms with van der Waals surface area (Å²) in [5, 5.41) is 2.85. The first-order valence-corrected chi connectivity index (χ1v) is 8.20. The third-order valence-corrected chi connectivity index (χ3v) is 3.90. The van der Waals surface area contributed by atoms with E-state index in [1.807, 2.05) is 56.3 Å². The molecule has 5 nitrogen and oxygen atoms in total. The SMILES string of the molecule is COc1ccc(C)cc1N(CCC(=O)Nc1ccc(C)cc1)C(C)=O. The summed E-state index contributed by atoms with van der Waals surface area (Å²) in [6.45, 7) is 5.71. The molecule has 0 bridgehead atoms. The van der Waals surface area contributed by atoms with Gasteiger partial charge in [-0.1, -0.05) is 23.8 Å². The second kappa shape index (κ2) is 8.33. The third-order valence-electron chi connectivity index (χ3n) is 3.90. The number of ether oxygens (including phenoxy) is 1. The van der Waals surface area contributed by atoms with Gasteiger partial charge >= 0.3 is 0 Å². The van der Waals surface area contributed by atoms with E-state index in [1.54, 1.807) is 12.0 Å². The van der Waals surface area contributed by atoms with Gasteiger partial charge < -0.3 is 15.0 Å². The number of rotatable bonds is 6. The third kappa shape index (κ3) is 5.08. The lowest BCUT2D eigenvalue weighted by Gasteiger charge is -2.23. The Morgan fingerprint density at radius 1 is 1.04 bits per heavy atom. The lowest BCUT2D eigenvalue weighted by atomic mass is 10.1. The first-order chi connectivity index (χ1) is 11.9. The maximum atomic E-state index is 12.2. The van der Waals surface area contributed by atoms with Crippen molar-refractivity contribution in [1.82, 2.24) is 0 Å². The summed E-state index contributed by atoms with van der Waals surface area (Å²) in [4.78, 5) is 25.8. The first kappa shape index (κ1) is 18.5.